The topological polar surface area (TPSA) is 21.3 Å². The van der Waals surface area contributed by atoms with Gasteiger partial charge in [-0.1, -0.05) is 42.5 Å². The van der Waals surface area contributed by atoms with E-state index in [0.717, 1.165) is 34.9 Å². The van der Waals surface area contributed by atoms with Gasteiger partial charge >= 0.3 is 0 Å². The number of benzene rings is 1. The Bertz CT molecular complexity index is 444. The van der Waals surface area contributed by atoms with E-state index >= 15 is 0 Å². The lowest BCUT2D eigenvalue weighted by atomic mass is 9.77. The second-order valence-electron chi connectivity index (χ2n) is 5.61. The Labute approximate surface area is 131 Å². The van der Waals surface area contributed by atoms with E-state index in [9.17, 15) is 0 Å². The maximum Gasteiger partial charge on any atom is 0.0834 e. The monoisotopic (exact) mass is 315 g/mol. The first-order chi connectivity index (χ1) is 9.61. The van der Waals surface area contributed by atoms with Crippen LogP contribution in [0, 0.1) is 0 Å². The van der Waals surface area contributed by atoms with E-state index in [1.165, 1.54) is 19.3 Å². The Hall–Kier alpha value is -0.280. The lowest BCUT2D eigenvalue weighted by Crippen LogP contribution is -2.53. The van der Waals surface area contributed by atoms with Gasteiger partial charge in [-0.25, -0.2) is 0 Å². The highest BCUT2D eigenvalue weighted by Gasteiger charge is 2.39. The Morgan fingerprint density at radius 2 is 1.95 bits per heavy atom. The highest BCUT2D eigenvalue weighted by Crippen LogP contribution is 2.36. The molecular weight excluding hydrogens is 293 g/mol. The van der Waals surface area contributed by atoms with Crippen LogP contribution in [-0.2, 0) is 11.2 Å². The van der Waals surface area contributed by atoms with E-state index in [-0.39, 0.29) is 11.6 Å². The van der Waals surface area contributed by atoms with Crippen LogP contribution >= 0.6 is 23.2 Å². The normalized spacial score (nSPS) is 19.8. The second-order valence-corrected chi connectivity index (χ2v) is 6.45. The summed E-state index contributed by atoms with van der Waals surface area (Å²) in [6, 6.07) is 5.91. The molecule has 1 N–H and O–H groups in total. The fraction of sp³-hybridized carbons (Fsp3) is 0.625. The van der Waals surface area contributed by atoms with E-state index in [2.05, 4.69) is 5.32 Å². The lowest BCUT2D eigenvalue weighted by molar-refractivity contribution is -0.0656. The number of hydrogen-bond acceptors (Lipinski definition) is 2. The molecule has 0 spiro atoms. The first-order valence-corrected chi connectivity index (χ1v) is 8.03. The van der Waals surface area contributed by atoms with Crippen molar-refractivity contribution in [3.05, 3.63) is 33.8 Å². The zero-order chi connectivity index (χ0) is 14.6. The number of likely N-dealkylation sites (N-methyl/N-ethyl adjacent to an activating group) is 1. The molecule has 2 nitrogen and oxygen atoms in total. The van der Waals surface area contributed by atoms with Crippen molar-refractivity contribution in [2.24, 2.45) is 0 Å². The van der Waals surface area contributed by atoms with Crippen molar-refractivity contribution in [2.75, 3.05) is 14.2 Å². The van der Waals surface area contributed by atoms with Crippen LogP contribution in [-0.4, -0.2) is 25.8 Å². The van der Waals surface area contributed by atoms with Gasteiger partial charge in [-0.15, -0.1) is 0 Å². The van der Waals surface area contributed by atoms with Gasteiger partial charge < -0.3 is 10.1 Å². The summed E-state index contributed by atoms with van der Waals surface area (Å²) in [5, 5.41) is 4.94. The van der Waals surface area contributed by atoms with Gasteiger partial charge in [0, 0.05) is 23.2 Å². The molecule has 112 valence electrons. The molecule has 1 aromatic carbocycles. The molecule has 20 heavy (non-hydrogen) atoms. The molecular formula is C16H23Cl2NO. The summed E-state index contributed by atoms with van der Waals surface area (Å²) < 4.78 is 5.94. The van der Waals surface area contributed by atoms with E-state index in [1.54, 1.807) is 0 Å². The minimum absolute atomic E-state index is 0.0847. The molecule has 1 aliphatic rings. The van der Waals surface area contributed by atoms with E-state index in [4.69, 9.17) is 27.9 Å². The summed E-state index contributed by atoms with van der Waals surface area (Å²) in [4.78, 5) is 0. The molecule has 1 fully saturated rings. The molecule has 2 rings (SSSR count). The highest BCUT2D eigenvalue weighted by molar-refractivity contribution is 6.33. The largest absolute Gasteiger partial charge is 0.377 e. The van der Waals surface area contributed by atoms with Crippen molar-refractivity contribution in [3.8, 4) is 0 Å². The summed E-state index contributed by atoms with van der Waals surface area (Å²) in [7, 11) is 3.83. The van der Waals surface area contributed by atoms with Crippen molar-refractivity contribution in [1.29, 1.82) is 0 Å². The van der Waals surface area contributed by atoms with Gasteiger partial charge in [0.1, 0.15) is 0 Å². The number of hydrogen-bond donors (Lipinski definition) is 1. The van der Waals surface area contributed by atoms with Crippen molar-refractivity contribution in [1.82, 2.24) is 5.32 Å². The third-order valence-electron chi connectivity index (χ3n) is 4.52. The van der Waals surface area contributed by atoms with Crippen molar-refractivity contribution >= 4 is 23.2 Å². The molecule has 0 aliphatic heterocycles. The Kier molecular flexibility index (Phi) is 5.74. The molecule has 1 aliphatic carbocycles. The average Bonchev–Trinajstić information content (AvgIpc) is 2.48. The third-order valence-corrected chi connectivity index (χ3v) is 5.13. The predicted molar refractivity (Wildman–Crippen MR) is 85.8 cm³/mol. The standard InChI is InChI=1S/C16H23Cl2NO/c1-19-15(16(20-2)8-4-3-5-9-16)11-12-10-13(17)6-7-14(12)18/h6-7,10,15,19H,3-5,8-9,11H2,1-2H3. The number of methoxy groups -OCH3 is 1. The highest BCUT2D eigenvalue weighted by atomic mass is 35.5. The molecule has 0 heterocycles. The fourth-order valence-electron chi connectivity index (χ4n) is 3.32. The predicted octanol–water partition coefficient (Wildman–Crippen LogP) is 4.47. The van der Waals surface area contributed by atoms with Crippen LogP contribution in [0.25, 0.3) is 0 Å². The van der Waals surface area contributed by atoms with Gasteiger partial charge in [-0.3, -0.25) is 0 Å². The molecule has 0 saturated heterocycles. The van der Waals surface area contributed by atoms with Crippen molar-refractivity contribution < 1.29 is 4.74 Å². The maximum atomic E-state index is 6.30. The first kappa shape index (κ1) is 16.1. The molecule has 1 saturated carbocycles. The van der Waals surface area contributed by atoms with E-state index < -0.39 is 0 Å². The van der Waals surface area contributed by atoms with Crippen LogP contribution < -0.4 is 5.32 Å². The molecule has 1 aromatic rings. The smallest absolute Gasteiger partial charge is 0.0834 e. The number of ether oxygens (including phenoxy) is 1. The molecule has 0 radical (unpaired) electrons. The van der Waals surface area contributed by atoms with E-state index in [0.29, 0.717) is 0 Å². The fourth-order valence-corrected chi connectivity index (χ4v) is 3.71. The first-order valence-electron chi connectivity index (χ1n) is 7.27. The second kappa shape index (κ2) is 7.13. The lowest BCUT2D eigenvalue weighted by Gasteiger charge is -2.42. The van der Waals surface area contributed by atoms with Gasteiger partial charge in [0.05, 0.1) is 5.60 Å². The van der Waals surface area contributed by atoms with Crippen molar-refractivity contribution in [2.45, 2.75) is 50.2 Å². The summed E-state index contributed by atoms with van der Waals surface area (Å²) in [6.07, 6.45) is 6.81. The van der Waals surface area contributed by atoms with Crippen LogP contribution in [0.4, 0.5) is 0 Å². The summed E-state index contributed by atoms with van der Waals surface area (Å²) in [5.41, 5.74) is 0.999. The SMILES string of the molecule is CNC(Cc1cc(Cl)ccc1Cl)C1(OC)CCCCC1. The van der Waals surface area contributed by atoms with Crippen molar-refractivity contribution in [3.63, 3.8) is 0 Å². The Morgan fingerprint density at radius 3 is 2.55 bits per heavy atom. The minimum Gasteiger partial charge on any atom is -0.377 e. The van der Waals surface area contributed by atoms with Crippen LogP contribution in [0.1, 0.15) is 37.7 Å². The van der Waals surface area contributed by atoms with Gasteiger partial charge in [0.25, 0.3) is 0 Å². The van der Waals surface area contributed by atoms with Gasteiger partial charge in [-0.05, 0) is 50.1 Å². The summed E-state index contributed by atoms with van der Waals surface area (Å²) in [6.45, 7) is 0. The average molecular weight is 316 g/mol. The number of rotatable bonds is 5. The summed E-state index contributed by atoms with van der Waals surface area (Å²) >= 11 is 12.4. The quantitative estimate of drug-likeness (QED) is 0.865. The molecule has 1 atom stereocenters. The minimum atomic E-state index is -0.0847. The number of halogens is 2. The van der Waals surface area contributed by atoms with E-state index in [1.807, 2.05) is 32.4 Å². The molecule has 0 bridgehead atoms. The Morgan fingerprint density at radius 1 is 1.25 bits per heavy atom. The van der Waals surface area contributed by atoms with Gasteiger partial charge in [-0.2, -0.15) is 0 Å². The summed E-state index contributed by atoms with van der Waals surface area (Å²) in [5.74, 6) is 0. The molecule has 0 aromatic heterocycles. The zero-order valence-electron chi connectivity index (χ0n) is 12.2. The Balaban J connectivity index is 2.21. The molecule has 0 amide bonds. The van der Waals surface area contributed by atoms with Crippen LogP contribution in [0.15, 0.2) is 18.2 Å². The molecule has 1 unspecified atom stereocenters. The van der Waals surface area contributed by atoms with Gasteiger partial charge in [0.15, 0.2) is 0 Å². The van der Waals surface area contributed by atoms with Crippen LogP contribution in [0.5, 0.6) is 0 Å². The van der Waals surface area contributed by atoms with Crippen LogP contribution in [0.3, 0.4) is 0 Å². The number of nitrogens with one attached hydrogen (secondary N) is 1. The third kappa shape index (κ3) is 3.48. The molecule has 4 heteroatoms. The zero-order valence-corrected chi connectivity index (χ0v) is 13.7. The van der Waals surface area contributed by atoms with Crippen LogP contribution in [0.2, 0.25) is 10.0 Å². The van der Waals surface area contributed by atoms with Gasteiger partial charge in [0.2, 0.25) is 0 Å². The maximum absolute atomic E-state index is 6.30.